The molecular formula is C11H9Cl2NOS. The van der Waals surface area contributed by atoms with Crippen LogP contribution in [-0.4, -0.2) is 7.11 Å². The van der Waals surface area contributed by atoms with Crippen molar-refractivity contribution in [1.29, 1.82) is 0 Å². The maximum atomic E-state index is 6.05. The van der Waals surface area contributed by atoms with E-state index >= 15 is 0 Å². The van der Waals surface area contributed by atoms with Gasteiger partial charge in [0.05, 0.1) is 17.1 Å². The molecule has 0 aliphatic carbocycles. The van der Waals surface area contributed by atoms with Gasteiger partial charge in [0.2, 0.25) is 0 Å². The van der Waals surface area contributed by atoms with Crippen LogP contribution >= 0.6 is 34.5 Å². The predicted octanol–water partition coefficient (Wildman–Crippen LogP) is 4.31. The Bertz CT molecular complexity index is 525. The largest absolute Gasteiger partial charge is 0.495 e. The van der Waals surface area contributed by atoms with Crippen LogP contribution in [0.4, 0.5) is 5.00 Å². The highest BCUT2D eigenvalue weighted by atomic mass is 35.5. The first-order valence-corrected chi connectivity index (χ1v) is 6.13. The Morgan fingerprint density at radius 1 is 1.25 bits per heavy atom. The number of hydrogen-bond donors (Lipinski definition) is 1. The summed E-state index contributed by atoms with van der Waals surface area (Å²) in [4.78, 5) is 0. The Balaban J connectivity index is 2.63. The van der Waals surface area contributed by atoms with Gasteiger partial charge in [0, 0.05) is 16.0 Å². The number of nitrogen functional groups attached to an aromatic ring is 1. The van der Waals surface area contributed by atoms with E-state index in [-0.39, 0.29) is 0 Å². The van der Waals surface area contributed by atoms with Crippen molar-refractivity contribution in [3.05, 3.63) is 33.6 Å². The average Bonchev–Trinajstić information content (AvgIpc) is 2.63. The summed E-state index contributed by atoms with van der Waals surface area (Å²) >= 11 is 13.5. The normalized spacial score (nSPS) is 10.4. The summed E-state index contributed by atoms with van der Waals surface area (Å²) in [7, 11) is 1.58. The number of benzene rings is 1. The molecule has 0 radical (unpaired) electrons. The standard InChI is InChI=1S/C11H9Cl2NOS/c1-15-11-8(3-7(12)4-9(11)13)6-2-10(14)16-5-6/h2-5H,14H2,1H3. The molecule has 1 aromatic heterocycles. The number of thiophene rings is 1. The number of nitrogens with two attached hydrogens (primary N) is 1. The van der Waals surface area contributed by atoms with Gasteiger partial charge in [-0.2, -0.15) is 0 Å². The zero-order valence-electron chi connectivity index (χ0n) is 8.46. The van der Waals surface area contributed by atoms with Crippen molar-refractivity contribution >= 4 is 39.5 Å². The van der Waals surface area contributed by atoms with Gasteiger partial charge >= 0.3 is 0 Å². The Morgan fingerprint density at radius 2 is 2.00 bits per heavy atom. The van der Waals surface area contributed by atoms with Gasteiger partial charge < -0.3 is 10.5 Å². The summed E-state index contributed by atoms with van der Waals surface area (Å²) in [6.07, 6.45) is 0. The van der Waals surface area contributed by atoms with Gasteiger partial charge in [0.15, 0.2) is 0 Å². The lowest BCUT2D eigenvalue weighted by molar-refractivity contribution is 0.416. The molecule has 16 heavy (non-hydrogen) atoms. The lowest BCUT2D eigenvalue weighted by Gasteiger charge is -2.09. The van der Waals surface area contributed by atoms with E-state index in [0.717, 1.165) is 16.1 Å². The minimum Gasteiger partial charge on any atom is -0.495 e. The van der Waals surface area contributed by atoms with E-state index in [1.54, 1.807) is 13.2 Å². The fourth-order valence-corrected chi connectivity index (χ4v) is 2.70. The lowest BCUT2D eigenvalue weighted by atomic mass is 10.1. The van der Waals surface area contributed by atoms with E-state index in [9.17, 15) is 0 Å². The molecule has 0 amide bonds. The second kappa shape index (κ2) is 4.53. The monoisotopic (exact) mass is 273 g/mol. The third-order valence-electron chi connectivity index (χ3n) is 2.14. The number of ether oxygens (including phenoxy) is 1. The van der Waals surface area contributed by atoms with Crippen LogP contribution < -0.4 is 10.5 Å². The number of rotatable bonds is 2. The predicted molar refractivity (Wildman–Crippen MR) is 70.7 cm³/mol. The molecule has 0 atom stereocenters. The van der Waals surface area contributed by atoms with Crippen molar-refractivity contribution in [2.75, 3.05) is 12.8 Å². The van der Waals surface area contributed by atoms with Crippen LogP contribution in [-0.2, 0) is 0 Å². The van der Waals surface area contributed by atoms with Gasteiger partial charge in [-0.3, -0.25) is 0 Å². The second-order valence-corrected chi connectivity index (χ2v) is 4.99. The topological polar surface area (TPSA) is 35.2 Å². The van der Waals surface area contributed by atoms with Crippen molar-refractivity contribution in [2.45, 2.75) is 0 Å². The van der Waals surface area contributed by atoms with Gasteiger partial charge in [-0.05, 0) is 23.8 Å². The smallest absolute Gasteiger partial charge is 0.145 e. The van der Waals surface area contributed by atoms with Crippen LogP contribution in [0, 0.1) is 0 Å². The van der Waals surface area contributed by atoms with Gasteiger partial charge in [-0.1, -0.05) is 23.2 Å². The summed E-state index contributed by atoms with van der Waals surface area (Å²) in [5, 5.41) is 3.76. The minimum absolute atomic E-state index is 0.495. The number of halogens is 2. The molecule has 2 aromatic rings. The molecule has 0 aliphatic rings. The quantitative estimate of drug-likeness (QED) is 0.885. The molecule has 0 bridgehead atoms. The highest BCUT2D eigenvalue weighted by Crippen LogP contribution is 2.40. The van der Waals surface area contributed by atoms with Crippen molar-refractivity contribution < 1.29 is 4.74 Å². The summed E-state index contributed by atoms with van der Waals surface area (Å²) in [5.74, 6) is 0.615. The SMILES string of the molecule is COc1c(Cl)cc(Cl)cc1-c1csc(N)c1. The molecule has 0 aliphatic heterocycles. The third-order valence-corrected chi connectivity index (χ3v) is 3.40. The van der Waals surface area contributed by atoms with Crippen molar-refractivity contribution in [3.8, 4) is 16.9 Å². The van der Waals surface area contributed by atoms with Crippen molar-refractivity contribution in [3.63, 3.8) is 0 Å². The Labute approximate surface area is 108 Å². The van der Waals surface area contributed by atoms with Crippen molar-refractivity contribution in [1.82, 2.24) is 0 Å². The molecule has 2 nitrogen and oxygen atoms in total. The molecule has 2 N–H and O–H groups in total. The zero-order valence-corrected chi connectivity index (χ0v) is 10.8. The summed E-state index contributed by atoms with van der Waals surface area (Å²) in [6, 6.07) is 5.34. The number of hydrogen-bond acceptors (Lipinski definition) is 3. The van der Waals surface area contributed by atoms with Gasteiger partial charge in [0.1, 0.15) is 5.75 Å². The Morgan fingerprint density at radius 3 is 2.56 bits per heavy atom. The molecule has 2 rings (SSSR count). The minimum atomic E-state index is 0.495. The third kappa shape index (κ3) is 2.12. The van der Waals surface area contributed by atoms with Crippen LogP contribution in [0.1, 0.15) is 0 Å². The molecular weight excluding hydrogens is 265 g/mol. The van der Waals surface area contributed by atoms with E-state index in [2.05, 4.69) is 0 Å². The van der Waals surface area contributed by atoms with Gasteiger partial charge in [-0.25, -0.2) is 0 Å². The van der Waals surface area contributed by atoms with E-state index < -0.39 is 0 Å². The van der Waals surface area contributed by atoms with E-state index in [1.165, 1.54) is 11.3 Å². The summed E-state index contributed by atoms with van der Waals surface area (Å²) in [6.45, 7) is 0. The summed E-state index contributed by atoms with van der Waals surface area (Å²) in [5.41, 5.74) is 7.51. The molecule has 1 heterocycles. The van der Waals surface area contributed by atoms with Crippen LogP contribution in [0.3, 0.4) is 0 Å². The van der Waals surface area contributed by atoms with Crippen LogP contribution in [0.5, 0.6) is 5.75 Å². The van der Waals surface area contributed by atoms with Crippen LogP contribution in [0.15, 0.2) is 23.6 Å². The van der Waals surface area contributed by atoms with E-state index in [0.29, 0.717) is 15.8 Å². The average molecular weight is 274 g/mol. The Hall–Kier alpha value is -0.900. The molecule has 1 aromatic carbocycles. The Kier molecular flexibility index (Phi) is 3.28. The molecule has 0 unspecified atom stereocenters. The first kappa shape index (κ1) is 11.6. The van der Waals surface area contributed by atoms with Crippen molar-refractivity contribution in [2.24, 2.45) is 0 Å². The maximum absolute atomic E-state index is 6.05. The van der Waals surface area contributed by atoms with Crippen LogP contribution in [0.25, 0.3) is 11.1 Å². The van der Waals surface area contributed by atoms with Gasteiger partial charge in [-0.15, -0.1) is 11.3 Å². The van der Waals surface area contributed by atoms with Crippen LogP contribution in [0.2, 0.25) is 10.0 Å². The molecule has 0 saturated carbocycles. The number of anilines is 1. The molecule has 84 valence electrons. The summed E-state index contributed by atoms with van der Waals surface area (Å²) < 4.78 is 5.27. The highest BCUT2D eigenvalue weighted by Gasteiger charge is 2.12. The zero-order chi connectivity index (χ0) is 11.7. The van der Waals surface area contributed by atoms with E-state index in [4.69, 9.17) is 33.7 Å². The lowest BCUT2D eigenvalue weighted by Crippen LogP contribution is -1.88. The number of methoxy groups -OCH3 is 1. The maximum Gasteiger partial charge on any atom is 0.145 e. The van der Waals surface area contributed by atoms with Gasteiger partial charge in [0.25, 0.3) is 0 Å². The first-order valence-electron chi connectivity index (χ1n) is 4.49. The molecule has 0 saturated heterocycles. The first-order chi connectivity index (χ1) is 7.61. The molecule has 0 fully saturated rings. The highest BCUT2D eigenvalue weighted by molar-refractivity contribution is 7.14. The fourth-order valence-electron chi connectivity index (χ4n) is 1.48. The fraction of sp³-hybridized carbons (Fsp3) is 0.0909. The van der Waals surface area contributed by atoms with E-state index in [1.807, 2.05) is 17.5 Å². The second-order valence-electron chi connectivity index (χ2n) is 3.21. The molecule has 5 heteroatoms. The molecule has 0 spiro atoms.